The van der Waals surface area contributed by atoms with Gasteiger partial charge >= 0.3 is 0 Å². The van der Waals surface area contributed by atoms with Gasteiger partial charge in [-0.15, -0.1) is 0 Å². The Labute approximate surface area is 115 Å². The molecule has 2 heterocycles. The van der Waals surface area contributed by atoms with Gasteiger partial charge in [0.2, 0.25) is 5.89 Å². The van der Waals surface area contributed by atoms with Crippen LogP contribution in [-0.2, 0) is 12.0 Å². The van der Waals surface area contributed by atoms with Crippen molar-refractivity contribution in [3.05, 3.63) is 11.7 Å². The summed E-state index contributed by atoms with van der Waals surface area (Å²) in [6.07, 6.45) is 3.66. The summed E-state index contributed by atoms with van der Waals surface area (Å²) < 4.78 is 5.35. The van der Waals surface area contributed by atoms with Gasteiger partial charge in [-0.2, -0.15) is 4.98 Å². The van der Waals surface area contributed by atoms with Gasteiger partial charge < -0.3 is 10.3 Å². The van der Waals surface area contributed by atoms with Crippen LogP contribution in [0.2, 0.25) is 0 Å². The summed E-state index contributed by atoms with van der Waals surface area (Å²) in [5.74, 6) is 1.48. The topological polar surface area (TPSA) is 68.2 Å². The second-order valence-corrected chi connectivity index (χ2v) is 6.66. The molecule has 1 aliphatic rings. The molecular formula is C14H26N4O. The fourth-order valence-electron chi connectivity index (χ4n) is 2.61. The monoisotopic (exact) mass is 266 g/mol. The first-order valence-corrected chi connectivity index (χ1v) is 7.20. The van der Waals surface area contributed by atoms with E-state index in [-0.39, 0.29) is 11.5 Å². The van der Waals surface area contributed by atoms with E-state index in [2.05, 4.69) is 42.7 Å². The molecule has 1 aliphatic heterocycles. The minimum atomic E-state index is -0.0896. The number of piperidine rings is 1. The number of rotatable bonds is 3. The largest absolute Gasteiger partial charge is 0.339 e. The lowest BCUT2D eigenvalue weighted by Crippen LogP contribution is -2.48. The first kappa shape index (κ1) is 14.5. The average molecular weight is 266 g/mol. The first-order valence-electron chi connectivity index (χ1n) is 7.20. The third-order valence-corrected chi connectivity index (χ3v) is 3.73. The molecule has 1 aromatic rings. The highest BCUT2D eigenvalue weighted by atomic mass is 16.5. The molecule has 0 radical (unpaired) electrons. The highest BCUT2D eigenvalue weighted by Gasteiger charge is 2.28. The first-order chi connectivity index (χ1) is 8.88. The van der Waals surface area contributed by atoms with E-state index in [0.29, 0.717) is 11.9 Å². The Morgan fingerprint density at radius 1 is 1.42 bits per heavy atom. The molecule has 1 fully saturated rings. The molecule has 0 aromatic carbocycles. The molecule has 2 atom stereocenters. The van der Waals surface area contributed by atoms with Crippen LogP contribution in [0.25, 0.3) is 0 Å². The molecule has 2 rings (SSSR count). The summed E-state index contributed by atoms with van der Waals surface area (Å²) in [6.45, 7) is 10.1. The van der Waals surface area contributed by atoms with Gasteiger partial charge in [0.05, 0.1) is 6.54 Å². The second-order valence-electron chi connectivity index (χ2n) is 6.66. The molecule has 0 saturated carbocycles. The molecule has 0 amide bonds. The number of likely N-dealkylation sites (tertiary alicyclic amines) is 1. The highest BCUT2D eigenvalue weighted by molar-refractivity contribution is 4.99. The van der Waals surface area contributed by atoms with Gasteiger partial charge in [-0.3, -0.25) is 4.90 Å². The van der Waals surface area contributed by atoms with Crippen LogP contribution in [0.3, 0.4) is 0 Å². The molecule has 1 saturated heterocycles. The average Bonchev–Trinajstić information content (AvgIpc) is 2.77. The van der Waals surface area contributed by atoms with Gasteiger partial charge in [-0.25, -0.2) is 0 Å². The van der Waals surface area contributed by atoms with Crippen LogP contribution in [0, 0.1) is 0 Å². The summed E-state index contributed by atoms with van der Waals surface area (Å²) in [6, 6.07) is 0.625. The van der Waals surface area contributed by atoms with E-state index >= 15 is 0 Å². The summed E-state index contributed by atoms with van der Waals surface area (Å²) in [5, 5.41) is 4.10. The summed E-state index contributed by atoms with van der Waals surface area (Å²) >= 11 is 0. The maximum atomic E-state index is 6.08. The molecular weight excluding hydrogens is 240 g/mol. The van der Waals surface area contributed by atoms with Crippen molar-refractivity contribution in [2.75, 3.05) is 6.54 Å². The van der Waals surface area contributed by atoms with E-state index in [0.717, 1.165) is 18.9 Å². The predicted molar refractivity (Wildman–Crippen MR) is 74.7 cm³/mol. The van der Waals surface area contributed by atoms with Gasteiger partial charge in [-0.05, 0) is 26.3 Å². The van der Waals surface area contributed by atoms with Crippen LogP contribution in [0.15, 0.2) is 4.52 Å². The quantitative estimate of drug-likeness (QED) is 0.907. The maximum absolute atomic E-state index is 6.08. The van der Waals surface area contributed by atoms with Crippen molar-refractivity contribution in [2.45, 2.75) is 71.0 Å². The zero-order chi connectivity index (χ0) is 14.0. The number of aromatic nitrogens is 2. The number of hydrogen-bond donors (Lipinski definition) is 1. The van der Waals surface area contributed by atoms with Crippen LogP contribution < -0.4 is 5.73 Å². The fraction of sp³-hybridized carbons (Fsp3) is 0.857. The number of hydrogen-bond acceptors (Lipinski definition) is 5. The van der Waals surface area contributed by atoms with Crippen molar-refractivity contribution >= 4 is 0 Å². The van der Waals surface area contributed by atoms with Crippen molar-refractivity contribution in [3.63, 3.8) is 0 Å². The lowest BCUT2D eigenvalue weighted by Gasteiger charge is -2.37. The molecule has 0 spiro atoms. The van der Waals surface area contributed by atoms with Crippen molar-refractivity contribution in [2.24, 2.45) is 5.73 Å². The zero-order valence-electron chi connectivity index (χ0n) is 12.5. The molecule has 0 bridgehead atoms. The van der Waals surface area contributed by atoms with Gasteiger partial charge in [0.25, 0.3) is 0 Å². The van der Waals surface area contributed by atoms with E-state index in [4.69, 9.17) is 10.3 Å². The van der Waals surface area contributed by atoms with E-state index < -0.39 is 0 Å². The molecule has 5 nitrogen and oxygen atoms in total. The molecule has 2 unspecified atom stereocenters. The highest BCUT2D eigenvalue weighted by Crippen LogP contribution is 2.23. The summed E-state index contributed by atoms with van der Waals surface area (Å²) in [5.41, 5.74) is 5.99. The number of nitrogens with zero attached hydrogens (tertiary/aromatic N) is 3. The van der Waals surface area contributed by atoms with Crippen molar-refractivity contribution in [3.8, 4) is 0 Å². The normalized spacial score (nSPS) is 23.5. The Bertz CT molecular complexity index is 408. The Hall–Kier alpha value is -0.940. The predicted octanol–water partition coefficient (Wildman–Crippen LogP) is 2.07. The lowest BCUT2D eigenvalue weighted by atomic mass is 9.96. The standard InChI is InChI=1S/C14H26N4O/c1-10(15)11-7-5-6-8-18(11)9-12-16-13(19-17-12)14(2,3)4/h10-11H,5-9,15H2,1-4H3. The maximum Gasteiger partial charge on any atom is 0.232 e. The summed E-state index contributed by atoms with van der Waals surface area (Å²) in [4.78, 5) is 6.90. The van der Waals surface area contributed by atoms with Crippen molar-refractivity contribution in [1.29, 1.82) is 0 Å². The minimum Gasteiger partial charge on any atom is -0.339 e. The van der Waals surface area contributed by atoms with E-state index in [1.807, 2.05) is 0 Å². The van der Waals surface area contributed by atoms with Crippen LogP contribution >= 0.6 is 0 Å². The Kier molecular flexibility index (Phi) is 4.26. The van der Waals surface area contributed by atoms with Crippen molar-refractivity contribution in [1.82, 2.24) is 15.0 Å². The van der Waals surface area contributed by atoms with Gasteiger partial charge in [-0.1, -0.05) is 32.3 Å². The molecule has 108 valence electrons. The van der Waals surface area contributed by atoms with Crippen LogP contribution in [0.1, 0.15) is 58.7 Å². The molecule has 5 heteroatoms. The third kappa shape index (κ3) is 3.54. The Balaban J connectivity index is 2.05. The summed E-state index contributed by atoms with van der Waals surface area (Å²) in [7, 11) is 0. The van der Waals surface area contributed by atoms with Crippen LogP contribution in [0.5, 0.6) is 0 Å². The van der Waals surface area contributed by atoms with Crippen LogP contribution in [-0.4, -0.2) is 33.7 Å². The smallest absolute Gasteiger partial charge is 0.232 e. The van der Waals surface area contributed by atoms with Crippen molar-refractivity contribution < 1.29 is 4.52 Å². The molecule has 19 heavy (non-hydrogen) atoms. The molecule has 2 N–H and O–H groups in total. The van der Waals surface area contributed by atoms with Gasteiger partial charge in [0.15, 0.2) is 5.82 Å². The minimum absolute atomic E-state index is 0.0896. The lowest BCUT2D eigenvalue weighted by molar-refractivity contribution is 0.118. The zero-order valence-corrected chi connectivity index (χ0v) is 12.5. The second kappa shape index (κ2) is 5.59. The number of nitrogens with two attached hydrogens (primary N) is 1. The van der Waals surface area contributed by atoms with E-state index in [1.165, 1.54) is 19.3 Å². The molecule has 1 aromatic heterocycles. The Morgan fingerprint density at radius 3 is 2.74 bits per heavy atom. The molecule has 0 aliphatic carbocycles. The third-order valence-electron chi connectivity index (χ3n) is 3.73. The van der Waals surface area contributed by atoms with Crippen LogP contribution in [0.4, 0.5) is 0 Å². The van der Waals surface area contributed by atoms with E-state index in [9.17, 15) is 0 Å². The van der Waals surface area contributed by atoms with Gasteiger partial charge in [0, 0.05) is 17.5 Å². The fourth-order valence-corrected chi connectivity index (χ4v) is 2.61. The Morgan fingerprint density at radius 2 is 2.16 bits per heavy atom. The van der Waals surface area contributed by atoms with Gasteiger partial charge in [0.1, 0.15) is 0 Å². The SMILES string of the molecule is CC(N)C1CCCCN1Cc1noc(C(C)(C)C)n1. The van der Waals surface area contributed by atoms with E-state index in [1.54, 1.807) is 0 Å².